The monoisotopic (exact) mass is 389 g/mol. The summed E-state index contributed by atoms with van der Waals surface area (Å²) in [5, 5.41) is 3.26. The molecule has 1 aliphatic heterocycles. The molecule has 3 heterocycles. The fourth-order valence-electron chi connectivity index (χ4n) is 2.82. The number of sulfonamides is 1. The van der Waals surface area contributed by atoms with Crippen molar-refractivity contribution in [2.24, 2.45) is 13.0 Å². The second-order valence-corrected chi connectivity index (χ2v) is 7.77. The molecule has 0 bridgehead atoms. The van der Waals surface area contributed by atoms with Gasteiger partial charge in [-0.1, -0.05) is 6.92 Å². The van der Waals surface area contributed by atoms with E-state index in [-0.39, 0.29) is 40.3 Å². The molecule has 0 spiro atoms. The predicted molar refractivity (Wildman–Crippen MR) is 95.6 cm³/mol. The summed E-state index contributed by atoms with van der Waals surface area (Å²) in [4.78, 5) is 29.5. The number of aryl methyl sites for hydroxylation is 1. The van der Waals surface area contributed by atoms with Crippen LogP contribution in [-0.4, -0.2) is 42.1 Å². The molecule has 3 N–H and O–H groups in total. The van der Waals surface area contributed by atoms with Gasteiger partial charge in [-0.05, 0) is 31.5 Å². The van der Waals surface area contributed by atoms with Gasteiger partial charge in [-0.3, -0.25) is 14.3 Å². The minimum atomic E-state index is -3.80. The Labute approximate surface area is 150 Å². The van der Waals surface area contributed by atoms with E-state index in [1.54, 1.807) is 0 Å². The van der Waals surface area contributed by atoms with Gasteiger partial charge in [-0.15, -0.1) is 12.4 Å². The fraction of sp³-hybridized carbons (Fsp3) is 0.500. The molecule has 0 amide bonds. The molecule has 9 nitrogen and oxygen atoms in total. The molecule has 2 aromatic heterocycles. The molecule has 0 saturated carbocycles. The lowest BCUT2D eigenvalue weighted by atomic mass is 9.97. The van der Waals surface area contributed by atoms with Crippen LogP contribution >= 0.6 is 12.4 Å². The molecule has 1 fully saturated rings. The molecule has 2 aromatic rings. The van der Waals surface area contributed by atoms with Crippen LogP contribution < -0.4 is 21.3 Å². The molecule has 2 unspecified atom stereocenters. The maximum Gasteiger partial charge on any atom is 0.329 e. The number of halogens is 1. The van der Waals surface area contributed by atoms with Gasteiger partial charge in [0.15, 0.2) is 0 Å². The third-order valence-electron chi connectivity index (χ3n) is 4.33. The highest BCUT2D eigenvalue weighted by molar-refractivity contribution is 7.89. The number of rotatable bonds is 3. The molecule has 0 aromatic carbocycles. The number of fused-ring (bicyclic) bond motifs is 1. The second kappa shape index (κ2) is 7.24. The molecule has 25 heavy (non-hydrogen) atoms. The zero-order valence-electron chi connectivity index (χ0n) is 13.8. The van der Waals surface area contributed by atoms with Crippen molar-refractivity contribution in [1.82, 2.24) is 24.6 Å². The van der Waals surface area contributed by atoms with E-state index in [2.05, 4.69) is 20.0 Å². The summed E-state index contributed by atoms with van der Waals surface area (Å²) in [6.07, 6.45) is 1.85. The average molecular weight is 390 g/mol. The lowest BCUT2D eigenvalue weighted by Gasteiger charge is -2.29. The number of piperidine rings is 1. The lowest BCUT2D eigenvalue weighted by Crippen LogP contribution is -2.48. The molecule has 1 aliphatic rings. The Hall–Kier alpha value is -1.75. The SMILES string of the molecule is CC1CNCCC1NS(=O)(=O)c1cnc2c(c1)c(=O)[nH]c(=O)n2C.Cl. The minimum absolute atomic E-state index is 0. The van der Waals surface area contributed by atoms with Crippen LogP contribution in [0.1, 0.15) is 13.3 Å². The molecule has 2 atom stereocenters. The third-order valence-corrected chi connectivity index (χ3v) is 5.79. The number of pyridine rings is 1. The summed E-state index contributed by atoms with van der Waals surface area (Å²) < 4.78 is 29.0. The maximum atomic E-state index is 12.6. The van der Waals surface area contributed by atoms with E-state index in [9.17, 15) is 18.0 Å². The quantitative estimate of drug-likeness (QED) is 0.638. The van der Waals surface area contributed by atoms with Gasteiger partial charge >= 0.3 is 5.69 Å². The number of hydrogen-bond donors (Lipinski definition) is 3. The summed E-state index contributed by atoms with van der Waals surface area (Å²) >= 11 is 0. The van der Waals surface area contributed by atoms with Crippen molar-refractivity contribution >= 4 is 33.5 Å². The lowest BCUT2D eigenvalue weighted by molar-refractivity contribution is 0.328. The second-order valence-electron chi connectivity index (χ2n) is 6.06. The van der Waals surface area contributed by atoms with E-state index in [0.29, 0.717) is 6.42 Å². The van der Waals surface area contributed by atoms with Crippen molar-refractivity contribution in [3.63, 3.8) is 0 Å². The van der Waals surface area contributed by atoms with Gasteiger partial charge < -0.3 is 5.32 Å². The first-order valence-corrected chi connectivity index (χ1v) is 9.10. The third kappa shape index (κ3) is 3.76. The maximum absolute atomic E-state index is 12.6. The number of hydrogen-bond acceptors (Lipinski definition) is 6. The molecule has 1 saturated heterocycles. The zero-order chi connectivity index (χ0) is 17.5. The first-order chi connectivity index (χ1) is 11.3. The van der Waals surface area contributed by atoms with Gasteiger partial charge in [0.1, 0.15) is 10.5 Å². The summed E-state index contributed by atoms with van der Waals surface area (Å²) in [6, 6.07) is 1.07. The van der Waals surface area contributed by atoms with Crippen LogP contribution in [0.25, 0.3) is 11.0 Å². The molecule has 0 radical (unpaired) electrons. The van der Waals surface area contributed by atoms with Crippen LogP contribution in [0.5, 0.6) is 0 Å². The van der Waals surface area contributed by atoms with Crippen molar-refractivity contribution in [2.75, 3.05) is 13.1 Å². The molecule has 0 aliphatic carbocycles. The van der Waals surface area contributed by atoms with Crippen molar-refractivity contribution in [3.05, 3.63) is 33.1 Å². The summed E-state index contributed by atoms with van der Waals surface area (Å²) in [5.74, 6) is 0.158. The highest BCUT2D eigenvalue weighted by Gasteiger charge is 2.27. The Morgan fingerprint density at radius 1 is 1.36 bits per heavy atom. The van der Waals surface area contributed by atoms with Gasteiger partial charge in [0.2, 0.25) is 10.0 Å². The van der Waals surface area contributed by atoms with Crippen LogP contribution in [0.3, 0.4) is 0 Å². The average Bonchev–Trinajstić information content (AvgIpc) is 2.54. The van der Waals surface area contributed by atoms with Crippen LogP contribution in [0.15, 0.2) is 26.7 Å². The smallest absolute Gasteiger partial charge is 0.316 e. The Morgan fingerprint density at radius 2 is 2.08 bits per heavy atom. The number of nitrogens with zero attached hydrogens (tertiary/aromatic N) is 2. The number of aromatic amines is 1. The molecule has 138 valence electrons. The van der Waals surface area contributed by atoms with E-state index < -0.39 is 21.3 Å². The summed E-state index contributed by atoms with van der Waals surface area (Å²) in [7, 11) is -2.35. The molecular weight excluding hydrogens is 370 g/mol. The number of nitrogens with one attached hydrogen (secondary N) is 3. The summed E-state index contributed by atoms with van der Waals surface area (Å²) in [5.41, 5.74) is -1.12. The molecular formula is C14H20ClN5O4S. The van der Waals surface area contributed by atoms with Gasteiger partial charge in [0.05, 0.1) is 5.39 Å². The molecule has 3 rings (SSSR count). The minimum Gasteiger partial charge on any atom is -0.316 e. The Kier molecular flexibility index (Phi) is 5.67. The highest BCUT2D eigenvalue weighted by atomic mass is 35.5. The van der Waals surface area contributed by atoms with E-state index >= 15 is 0 Å². The van der Waals surface area contributed by atoms with Crippen LogP contribution in [0.4, 0.5) is 0 Å². The Bertz CT molecular complexity index is 1000. The summed E-state index contributed by atoms with van der Waals surface area (Å²) in [6.45, 7) is 3.46. The Morgan fingerprint density at radius 3 is 2.76 bits per heavy atom. The van der Waals surface area contributed by atoms with Crippen molar-refractivity contribution in [2.45, 2.75) is 24.3 Å². The van der Waals surface area contributed by atoms with Gasteiger partial charge in [0.25, 0.3) is 5.56 Å². The van der Waals surface area contributed by atoms with Crippen LogP contribution in [0, 0.1) is 5.92 Å². The first kappa shape index (κ1) is 19.6. The zero-order valence-corrected chi connectivity index (χ0v) is 15.4. The number of aromatic nitrogens is 3. The topological polar surface area (TPSA) is 126 Å². The largest absolute Gasteiger partial charge is 0.329 e. The normalized spacial score (nSPS) is 21.0. The highest BCUT2D eigenvalue weighted by Crippen LogP contribution is 2.17. The van der Waals surface area contributed by atoms with Gasteiger partial charge in [-0.2, -0.15) is 0 Å². The fourth-order valence-corrected chi connectivity index (χ4v) is 4.17. The van der Waals surface area contributed by atoms with Crippen LogP contribution in [0.2, 0.25) is 0 Å². The van der Waals surface area contributed by atoms with Crippen molar-refractivity contribution < 1.29 is 8.42 Å². The van der Waals surface area contributed by atoms with Gasteiger partial charge in [0, 0.05) is 19.3 Å². The van der Waals surface area contributed by atoms with E-state index in [0.717, 1.165) is 23.9 Å². The van der Waals surface area contributed by atoms with E-state index in [1.165, 1.54) is 13.1 Å². The predicted octanol–water partition coefficient (Wildman–Crippen LogP) is -0.680. The number of H-pyrrole nitrogens is 1. The van der Waals surface area contributed by atoms with E-state index in [4.69, 9.17) is 0 Å². The molecule has 11 heteroatoms. The van der Waals surface area contributed by atoms with E-state index in [1.807, 2.05) is 6.92 Å². The van der Waals surface area contributed by atoms with Crippen molar-refractivity contribution in [3.8, 4) is 0 Å². The van der Waals surface area contributed by atoms with Crippen molar-refractivity contribution in [1.29, 1.82) is 0 Å². The van der Waals surface area contributed by atoms with Gasteiger partial charge in [-0.25, -0.2) is 22.9 Å². The Balaban J connectivity index is 0.00000225. The van der Waals surface area contributed by atoms with Crippen LogP contribution in [-0.2, 0) is 17.1 Å². The standard InChI is InChI=1S/C14H19N5O4S.ClH/c1-8-6-15-4-3-11(8)18-24(22,23)9-5-10-12(16-7-9)19(2)14(21)17-13(10)20;/h5,7-8,11,15,18H,3-4,6H2,1-2H3,(H,17,20,21);1H. The first-order valence-electron chi connectivity index (χ1n) is 7.62.